The molecule has 1 N–H and O–H groups in total. The zero-order chi connectivity index (χ0) is 10.0. The Labute approximate surface area is 86.8 Å². The van der Waals surface area contributed by atoms with Gasteiger partial charge in [0.25, 0.3) is 0 Å². The number of rotatable bonds is 2. The molecule has 3 nitrogen and oxygen atoms in total. The summed E-state index contributed by atoms with van der Waals surface area (Å²) in [6.07, 6.45) is 1.74. The number of hydrogen-bond acceptors (Lipinski definition) is 3. The van der Waals surface area contributed by atoms with Crippen LogP contribution in [-0.4, -0.2) is 50.3 Å². The SMILES string of the molecule is CC1(C)CCN(CC2CNCCO2)C1. The Kier molecular flexibility index (Phi) is 3.10. The van der Waals surface area contributed by atoms with Crippen LogP contribution in [0.5, 0.6) is 0 Å². The second-order valence-corrected chi connectivity index (χ2v) is 5.35. The van der Waals surface area contributed by atoms with Crippen LogP contribution in [0.1, 0.15) is 20.3 Å². The highest BCUT2D eigenvalue weighted by Gasteiger charge is 2.30. The van der Waals surface area contributed by atoms with Crippen molar-refractivity contribution in [2.75, 3.05) is 39.3 Å². The summed E-state index contributed by atoms with van der Waals surface area (Å²) in [7, 11) is 0. The van der Waals surface area contributed by atoms with Gasteiger partial charge in [-0.3, -0.25) is 0 Å². The van der Waals surface area contributed by atoms with Crippen LogP contribution in [0.3, 0.4) is 0 Å². The first-order valence-electron chi connectivity index (χ1n) is 5.70. The van der Waals surface area contributed by atoms with Gasteiger partial charge in [0.05, 0.1) is 12.7 Å². The molecule has 0 aromatic carbocycles. The molecule has 2 aliphatic heterocycles. The fraction of sp³-hybridized carbons (Fsp3) is 1.00. The predicted molar refractivity (Wildman–Crippen MR) is 57.4 cm³/mol. The average molecular weight is 198 g/mol. The average Bonchev–Trinajstić information content (AvgIpc) is 2.47. The lowest BCUT2D eigenvalue weighted by atomic mass is 9.93. The number of hydrogen-bond donors (Lipinski definition) is 1. The van der Waals surface area contributed by atoms with Gasteiger partial charge in [-0.25, -0.2) is 0 Å². The van der Waals surface area contributed by atoms with Gasteiger partial charge in [0.2, 0.25) is 0 Å². The van der Waals surface area contributed by atoms with Crippen molar-refractivity contribution in [3.8, 4) is 0 Å². The Hall–Kier alpha value is -0.120. The molecule has 2 heterocycles. The number of likely N-dealkylation sites (tertiary alicyclic amines) is 1. The molecule has 2 aliphatic rings. The van der Waals surface area contributed by atoms with E-state index >= 15 is 0 Å². The van der Waals surface area contributed by atoms with Crippen molar-refractivity contribution in [3.63, 3.8) is 0 Å². The molecule has 2 saturated heterocycles. The number of ether oxygens (including phenoxy) is 1. The van der Waals surface area contributed by atoms with Crippen molar-refractivity contribution < 1.29 is 4.74 Å². The van der Waals surface area contributed by atoms with E-state index in [1.165, 1.54) is 19.5 Å². The van der Waals surface area contributed by atoms with Gasteiger partial charge < -0.3 is 15.0 Å². The first kappa shape index (κ1) is 10.4. The maximum Gasteiger partial charge on any atom is 0.0826 e. The molecule has 14 heavy (non-hydrogen) atoms. The van der Waals surface area contributed by atoms with E-state index in [9.17, 15) is 0 Å². The van der Waals surface area contributed by atoms with Gasteiger partial charge in [0.1, 0.15) is 0 Å². The van der Waals surface area contributed by atoms with Crippen LogP contribution in [0.25, 0.3) is 0 Å². The lowest BCUT2D eigenvalue weighted by Gasteiger charge is -2.28. The monoisotopic (exact) mass is 198 g/mol. The summed E-state index contributed by atoms with van der Waals surface area (Å²) in [6.45, 7) is 11.2. The molecule has 0 aromatic rings. The minimum absolute atomic E-state index is 0.414. The molecular weight excluding hydrogens is 176 g/mol. The number of nitrogens with one attached hydrogen (secondary N) is 1. The Morgan fingerprint density at radius 3 is 2.93 bits per heavy atom. The minimum atomic E-state index is 0.414. The van der Waals surface area contributed by atoms with E-state index in [1.54, 1.807) is 0 Å². The zero-order valence-electron chi connectivity index (χ0n) is 9.38. The fourth-order valence-electron chi connectivity index (χ4n) is 2.41. The molecule has 2 fully saturated rings. The molecule has 0 radical (unpaired) electrons. The molecule has 1 unspecified atom stereocenters. The maximum absolute atomic E-state index is 5.70. The molecule has 0 saturated carbocycles. The van der Waals surface area contributed by atoms with Crippen molar-refractivity contribution in [3.05, 3.63) is 0 Å². The minimum Gasteiger partial charge on any atom is -0.374 e. The highest BCUT2D eigenvalue weighted by Crippen LogP contribution is 2.28. The second-order valence-electron chi connectivity index (χ2n) is 5.35. The molecular formula is C11H22N2O. The third-order valence-electron chi connectivity index (χ3n) is 3.22. The van der Waals surface area contributed by atoms with Crippen molar-refractivity contribution in [1.82, 2.24) is 10.2 Å². The van der Waals surface area contributed by atoms with Crippen LogP contribution >= 0.6 is 0 Å². The van der Waals surface area contributed by atoms with Gasteiger partial charge in [0.15, 0.2) is 0 Å². The summed E-state index contributed by atoms with van der Waals surface area (Å²) in [4.78, 5) is 2.54. The second kappa shape index (κ2) is 4.17. The van der Waals surface area contributed by atoms with Gasteiger partial charge in [-0.1, -0.05) is 13.8 Å². The van der Waals surface area contributed by atoms with Crippen LogP contribution < -0.4 is 5.32 Å². The molecule has 1 atom stereocenters. The summed E-state index contributed by atoms with van der Waals surface area (Å²) in [5.74, 6) is 0. The molecule has 2 rings (SSSR count). The Morgan fingerprint density at radius 2 is 2.36 bits per heavy atom. The summed E-state index contributed by atoms with van der Waals surface area (Å²) in [5, 5.41) is 3.38. The normalized spacial score (nSPS) is 33.4. The Bertz CT molecular complexity index is 188. The van der Waals surface area contributed by atoms with Gasteiger partial charge in [-0.05, 0) is 18.4 Å². The first-order chi connectivity index (χ1) is 6.66. The number of morpholine rings is 1. The molecule has 82 valence electrons. The van der Waals surface area contributed by atoms with E-state index < -0.39 is 0 Å². The maximum atomic E-state index is 5.70. The quantitative estimate of drug-likeness (QED) is 0.707. The Morgan fingerprint density at radius 1 is 1.50 bits per heavy atom. The van der Waals surface area contributed by atoms with Gasteiger partial charge in [0, 0.05) is 26.2 Å². The third kappa shape index (κ3) is 2.69. The van der Waals surface area contributed by atoms with Crippen LogP contribution in [0, 0.1) is 5.41 Å². The summed E-state index contributed by atoms with van der Waals surface area (Å²) < 4.78 is 5.70. The molecule has 0 aliphatic carbocycles. The largest absolute Gasteiger partial charge is 0.374 e. The fourth-order valence-corrected chi connectivity index (χ4v) is 2.41. The predicted octanol–water partition coefficient (Wildman–Crippen LogP) is 0.707. The highest BCUT2D eigenvalue weighted by molar-refractivity contribution is 4.84. The zero-order valence-corrected chi connectivity index (χ0v) is 9.38. The molecule has 0 spiro atoms. The summed E-state index contributed by atoms with van der Waals surface area (Å²) >= 11 is 0. The third-order valence-corrected chi connectivity index (χ3v) is 3.22. The van der Waals surface area contributed by atoms with E-state index in [0.29, 0.717) is 11.5 Å². The van der Waals surface area contributed by atoms with Crippen molar-refractivity contribution in [2.45, 2.75) is 26.4 Å². The molecule has 0 amide bonds. The van der Waals surface area contributed by atoms with E-state index in [-0.39, 0.29) is 0 Å². The van der Waals surface area contributed by atoms with Crippen molar-refractivity contribution in [1.29, 1.82) is 0 Å². The van der Waals surface area contributed by atoms with E-state index in [4.69, 9.17) is 4.74 Å². The lowest BCUT2D eigenvalue weighted by molar-refractivity contribution is 0.00828. The van der Waals surface area contributed by atoms with E-state index in [0.717, 1.165) is 26.2 Å². The van der Waals surface area contributed by atoms with Crippen LogP contribution in [0.4, 0.5) is 0 Å². The molecule has 3 heteroatoms. The highest BCUT2D eigenvalue weighted by atomic mass is 16.5. The van der Waals surface area contributed by atoms with Crippen LogP contribution in [-0.2, 0) is 4.74 Å². The van der Waals surface area contributed by atoms with Crippen molar-refractivity contribution in [2.24, 2.45) is 5.41 Å². The standard InChI is InChI=1S/C11H22N2O/c1-11(2)3-5-13(9-11)8-10-7-12-4-6-14-10/h10,12H,3-9H2,1-2H3. The van der Waals surface area contributed by atoms with Gasteiger partial charge in [-0.15, -0.1) is 0 Å². The van der Waals surface area contributed by atoms with Crippen LogP contribution in [0.15, 0.2) is 0 Å². The van der Waals surface area contributed by atoms with E-state index in [2.05, 4.69) is 24.1 Å². The van der Waals surface area contributed by atoms with Crippen molar-refractivity contribution >= 4 is 0 Å². The summed E-state index contributed by atoms with van der Waals surface area (Å²) in [6, 6.07) is 0. The van der Waals surface area contributed by atoms with Crippen LogP contribution in [0.2, 0.25) is 0 Å². The van der Waals surface area contributed by atoms with Gasteiger partial charge in [-0.2, -0.15) is 0 Å². The topological polar surface area (TPSA) is 24.5 Å². The lowest BCUT2D eigenvalue weighted by Crippen LogP contribution is -2.45. The van der Waals surface area contributed by atoms with E-state index in [1.807, 2.05) is 0 Å². The summed E-state index contributed by atoms with van der Waals surface area (Å²) in [5.41, 5.74) is 0.516. The molecule has 0 aromatic heterocycles. The molecule has 0 bridgehead atoms. The first-order valence-corrected chi connectivity index (χ1v) is 5.70. The van der Waals surface area contributed by atoms with Gasteiger partial charge >= 0.3 is 0 Å². The Balaban J connectivity index is 1.75. The number of nitrogens with zero attached hydrogens (tertiary/aromatic N) is 1. The smallest absolute Gasteiger partial charge is 0.0826 e.